The summed E-state index contributed by atoms with van der Waals surface area (Å²) in [5, 5.41) is 11.2. The summed E-state index contributed by atoms with van der Waals surface area (Å²) in [6, 6.07) is 28.6. The molecule has 1 aromatic heterocycles. The maximum Gasteiger partial charge on any atom is 0.272 e. The van der Waals surface area contributed by atoms with Crippen molar-refractivity contribution in [3.63, 3.8) is 0 Å². The van der Waals surface area contributed by atoms with Gasteiger partial charge in [-0.15, -0.1) is 0 Å². The molecule has 2 amide bonds. The van der Waals surface area contributed by atoms with Crippen molar-refractivity contribution >= 4 is 22.6 Å². The van der Waals surface area contributed by atoms with E-state index in [0.29, 0.717) is 43.6 Å². The van der Waals surface area contributed by atoms with Crippen LogP contribution in [0.1, 0.15) is 70.8 Å². The first-order valence-corrected chi connectivity index (χ1v) is 17.7. The molecule has 0 radical (unpaired) electrons. The first-order chi connectivity index (χ1) is 24.5. The second kappa shape index (κ2) is 15.2. The molecule has 7 rings (SSSR count). The zero-order chi connectivity index (χ0) is 34.5. The second-order valence-electron chi connectivity index (χ2n) is 13.4. The Morgan fingerprint density at radius 1 is 0.800 bits per heavy atom. The Kier molecular flexibility index (Phi) is 10.1. The maximum absolute atomic E-state index is 14.9. The smallest absolute Gasteiger partial charge is 0.272 e. The molecule has 2 N–H and O–H groups in total. The molecule has 1 aliphatic carbocycles. The van der Waals surface area contributed by atoms with Crippen LogP contribution in [0.15, 0.2) is 95.8 Å². The summed E-state index contributed by atoms with van der Waals surface area (Å²) < 4.78 is 14.9. The van der Waals surface area contributed by atoms with Crippen molar-refractivity contribution in [2.75, 3.05) is 39.3 Å². The molecule has 9 heteroatoms. The highest BCUT2D eigenvalue weighted by atomic mass is 19.1. The van der Waals surface area contributed by atoms with E-state index in [-0.39, 0.29) is 28.9 Å². The van der Waals surface area contributed by atoms with Crippen LogP contribution in [0, 0.1) is 5.82 Å². The molecule has 8 nitrogen and oxygen atoms in total. The third-order valence-corrected chi connectivity index (χ3v) is 10.1. The van der Waals surface area contributed by atoms with Gasteiger partial charge in [-0.25, -0.2) is 9.49 Å². The molecule has 0 saturated carbocycles. The number of hydrogen-bond donors (Lipinski definition) is 2. The number of unbranched alkanes of at least 4 members (excludes halogenated alkanes) is 3. The van der Waals surface area contributed by atoms with E-state index in [2.05, 4.69) is 68.9 Å². The first-order valence-electron chi connectivity index (χ1n) is 17.7. The van der Waals surface area contributed by atoms with Crippen molar-refractivity contribution in [3.05, 3.63) is 135 Å². The third kappa shape index (κ3) is 7.23. The van der Waals surface area contributed by atoms with E-state index in [4.69, 9.17) is 0 Å². The van der Waals surface area contributed by atoms with Crippen molar-refractivity contribution in [2.24, 2.45) is 0 Å². The Labute approximate surface area is 291 Å². The molecule has 0 bridgehead atoms. The molecule has 2 aliphatic rings. The normalized spacial score (nSPS) is 14.5. The molecule has 0 spiro atoms. The Balaban J connectivity index is 0.815. The molecule has 5 aromatic rings. The number of piperazine rings is 1. The number of hydrogen-bond acceptors (Lipinski definition) is 5. The lowest BCUT2D eigenvalue weighted by Gasteiger charge is -2.35. The van der Waals surface area contributed by atoms with Crippen LogP contribution in [0.2, 0.25) is 0 Å². The number of halogens is 1. The lowest BCUT2D eigenvalue weighted by Crippen LogP contribution is -2.49. The summed E-state index contributed by atoms with van der Waals surface area (Å²) in [7, 11) is 0. The molecule has 2 heterocycles. The minimum Gasteiger partial charge on any atom is -0.356 e. The van der Waals surface area contributed by atoms with Crippen molar-refractivity contribution in [2.45, 2.75) is 44.4 Å². The molecule has 0 atom stereocenters. The molecule has 256 valence electrons. The Morgan fingerprint density at radius 2 is 1.46 bits per heavy atom. The van der Waals surface area contributed by atoms with Crippen molar-refractivity contribution < 1.29 is 14.0 Å². The lowest BCUT2D eigenvalue weighted by molar-refractivity contribution is -0.121. The highest BCUT2D eigenvalue weighted by molar-refractivity contribution is 5.95. The van der Waals surface area contributed by atoms with Crippen LogP contribution < -0.4 is 10.9 Å². The number of rotatable bonds is 12. The van der Waals surface area contributed by atoms with Crippen LogP contribution in [0.5, 0.6) is 0 Å². The Morgan fingerprint density at radius 3 is 2.20 bits per heavy atom. The van der Waals surface area contributed by atoms with Gasteiger partial charge in [0.1, 0.15) is 5.82 Å². The number of aromatic amines is 1. The molecule has 1 fully saturated rings. The molecule has 1 saturated heterocycles. The minimum atomic E-state index is -0.536. The van der Waals surface area contributed by atoms with E-state index in [1.54, 1.807) is 29.2 Å². The number of benzene rings is 4. The van der Waals surface area contributed by atoms with Gasteiger partial charge in [0.15, 0.2) is 0 Å². The largest absolute Gasteiger partial charge is 0.356 e. The van der Waals surface area contributed by atoms with Gasteiger partial charge >= 0.3 is 0 Å². The molecular formula is C41H42FN5O3. The highest BCUT2D eigenvalue weighted by Gasteiger charge is 2.29. The summed E-state index contributed by atoms with van der Waals surface area (Å²) in [6.07, 6.45) is 4.96. The van der Waals surface area contributed by atoms with Gasteiger partial charge in [-0.2, -0.15) is 5.10 Å². The predicted octanol–water partition coefficient (Wildman–Crippen LogP) is 6.29. The van der Waals surface area contributed by atoms with Crippen LogP contribution in [0.3, 0.4) is 0 Å². The fourth-order valence-corrected chi connectivity index (χ4v) is 7.47. The summed E-state index contributed by atoms with van der Waals surface area (Å²) in [5.74, 6) is -0.632. The fraction of sp³-hybridized carbons (Fsp3) is 0.317. The minimum absolute atomic E-state index is 0.0645. The van der Waals surface area contributed by atoms with E-state index in [1.807, 2.05) is 12.1 Å². The van der Waals surface area contributed by atoms with Gasteiger partial charge in [-0.05, 0) is 65.4 Å². The van der Waals surface area contributed by atoms with Gasteiger partial charge in [-0.3, -0.25) is 19.3 Å². The summed E-state index contributed by atoms with van der Waals surface area (Å²) in [4.78, 5) is 42.5. The van der Waals surface area contributed by atoms with Crippen LogP contribution in [-0.2, 0) is 11.2 Å². The van der Waals surface area contributed by atoms with Gasteiger partial charge < -0.3 is 10.2 Å². The Hall–Kier alpha value is -5.15. The average molecular weight is 672 g/mol. The number of nitrogens with zero attached hydrogens (tertiary/aromatic N) is 3. The molecule has 0 unspecified atom stereocenters. The SMILES string of the molecule is O=C(CC1c2ccccc2-c2ccccc21)NCCCCCCN1CCN(C(=O)c2cc(Cc3n[nH]c(=O)c4ccccc34)ccc2F)CC1. The number of fused-ring (bicyclic) bond motifs is 4. The molecular weight excluding hydrogens is 629 g/mol. The monoisotopic (exact) mass is 671 g/mol. The van der Waals surface area contributed by atoms with Crippen LogP contribution in [-0.4, -0.2) is 71.1 Å². The van der Waals surface area contributed by atoms with Gasteiger partial charge in [0.2, 0.25) is 5.91 Å². The number of aromatic nitrogens is 2. The Bertz CT molecular complexity index is 2020. The molecule has 50 heavy (non-hydrogen) atoms. The van der Waals surface area contributed by atoms with Crippen LogP contribution >= 0.6 is 0 Å². The van der Waals surface area contributed by atoms with Crippen molar-refractivity contribution in [1.82, 2.24) is 25.3 Å². The summed E-state index contributed by atoms with van der Waals surface area (Å²) in [5.41, 5.74) is 6.18. The first kappa shape index (κ1) is 33.4. The van der Waals surface area contributed by atoms with E-state index in [1.165, 1.54) is 28.3 Å². The lowest BCUT2D eigenvalue weighted by atomic mass is 9.93. The number of carbonyl (C=O) groups excluding carboxylic acids is 2. The van der Waals surface area contributed by atoms with Crippen molar-refractivity contribution in [3.8, 4) is 11.1 Å². The van der Waals surface area contributed by atoms with Crippen LogP contribution in [0.25, 0.3) is 21.9 Å². The second-order valence-corrected chi connectivity index (χ2v) is 13.4. The number of H-pyrrole nitrogens is 1. The number of carbonyl (C=O) groups is 2. The number of nitrogens with one attached hydrogen (secondary N) is 2. The van der Waals surface area contributed by atoms with Gasteiger partial charge in [-0.1, -0.05) is 85.6 Å². The predicted molar refractivity (Wildman–Crippen MR) is 194 cm³/mol. The molecule has 1 aliphatic heterocycles. The van der Waals surface area contributed by atoms with Crippen LogP contribution in [0.4, 0.5) is 4.39 Å². The topological polar surface area (TPSA) is 98.4 Å². The van der Waals surface area contributed by atoms with Crippen molar-refractivity contribution in [1.29, 1.82) is 0 Å². The fourth-order valence-electron chi connectivity index (χ4n) is 7.47. The van der Waals surface area contributed by atoms with Gasteiger partial charge in [0, 0.05) is 56.9 Å². The average Bonchev–Trinajstić information content (AvgIpc) is 3.46. The standard InChI is InChI=1S/C41H42FN5O3/c42-37-18-17-28(26-38-33-15-7-8-16-34(33)40(49)45-44-38)25-36(37)41(50)47-23-21-46(22-24-47)20-10-2-1-9-19-43-39(48)27-35-31-13-5-3-11-29(31)30-12-4-6-14-32(30)35/h3-8,11-18,25,35H,1-2,9-10,19-24,26-27H2,(H,43,48)(H,45,49). The summed E-state index contributed by atoms with van der Waals surface area (Å²) in [6.45, 7) is 4.25. The molecule has 4 aromatic carbocycles. The zero-order valence-corrected chi connectivity index (χ0v) is 28.2. The maximum atomic E-state index is 14.9. The quantitative estimate of drug-likeness (QED) is 0.152. The van der Waals surface area contributed by atoms with E-state index in [0.717, 1.165) is 56.3 Å². The van der Waals surface area contributed by atoms with E-state index in [9.17, 15) is 18.8 Å². The van der Waals surface area contributed by atoms with Gasteiger partial charge in [0.05, 0.1) is 16.6 Å². The third-order valence-electron chi connectivity index (χ3n) is 10.1. The van der Waals surface area contributed by atoms with E-state index < -0.39 is 5.82 Å². The number of amides is 2. The highest BCUT2D eigenvalue weighted by Crippen LogP contribution is 2.46. The van der Waals surface area contributed by atoms with E-state index >= 15 is 0 Å². The zero-order valence-electron chi connectivity index (χ0n) is 28.2. The summed E-state index contributed by atoms with van der Waals surface area (Å²) >= 11 is 0. The van der Waals surface area contributed by atoms with Gasteiger partial charge in [0.25, 0.3) is 11.5 Å².